The predicted octanol–water partition coefficient (Wildman–Crippen LogP) is 3.26. The first-order valence-corrected chi connectivity index (χ1v) is 5.87. The van der Waals surface area contributed by atoms with Crippen LogP contribution in [-0.4, -0.2) is 12.5 Å². The van der Waals surface area contributed by atoms with Crippen molar-refractivity contribution in [2.24, 2.45) is 0 Å². The average molecular weight is 296 g/mol. The van der Waals surface area contributed by atoms with Gasteiger partial charge in [-0.25, -0.2) is 4.39 Å². The number of carbonyl (C=O) groups excluding carboxylic acids is 1. The molecule has 2 aromatic rings. The van der Waals surface area contributed by atoms with Gasteiger partial charge in [-0.1, -0.05) is 0 Å². The zero-order valence-electron chi connectivity index (χ0n) is 10.6. The first kappa shape index (κ1) is 14.7. The molecule has 110 valence electrons. The third-order valence-electron chi connectivity index (χ3n) is 2.60. The van der Waals surface area contributed by atoms with E-state index in [0.717, 1.165) is 6.07 Å². The maximum Gasteiger partial charge on any atom is 0.387 e. The number of halogens is 3. The van der Waals surface area contributed by atoms with Crippen LogP contribution in [0, 0.1) is 5.82 Å². The fourth-order valence-electron chi connectivity index (χ4n) is 1.60. The van der Waals surface area contributed by atoms with Gasteiger partial charge in [0.05, 0.1) is 5.69 Å². The van der Waals surface area contributed by atoms with Gasteiger partial charge >= 0.3 is 6.61 Å². The fraction of sp³-hybridized carbons (Fsp3) is 0.0714. The van der Waals surface area contributed by atoms with Crippen LogP contribution in [0.3, 0.4) is 0 Å². The topological polar surface area (TPSA) is 64.3 Å². The van der Waals surface area contributed by atoms with Gasteiger partial charge in [0.2, 0.25) is 0 Å². The summed E-state index contributed by atoms with van der Waals surface area (Å²) >= 11 is 0. The minimum Gasteiger partial charge on any atom is -0.435 e. The molecular weight excluding hydrogens is 285 g/mol. The summed E-state index contributed by atoms with van der Waals surface area (Å²) in [5.41, 5.74) is 5.75. The minimum absolute atomic E-state index is 0.0264. The summed E-state index contributed by atoms with van der Waals surface area (Å²) in [5.74, 6) is -1.21. The quantitative estimate of drug-likeness (QED) is 0.851. The van der Waals surface area contributed by atoms with Gasteiger partial charge in [0.1, 0.15) is 11.6 Å². The Morgan fingerprint density at radius 1 is 1.14 bits per heavy atom. The molecule has 21 heavy (non-hydrogen) atoms. The molecule has 7 heteroatoms. The van der Waals surface area contributed by atoms with Crippen molar-refractivity contribution in [3.8, 4) is 5.75 Å². The van der Waals surface area contributed by atoms with E-state index in [2.05, 4.69) is 10.1 Å². The van der Waals surface area contributed by atoms with Crippen LogP contribution in [0.4, 0.5) is 24.5 Å². The van der Waals surface area contributed by atoms with Crippen molar-refractivity contribution in [1.29, 1.82) is 0 Å². The largest absolute Gasteiger partial charge is 0.435 e. The molecule has 4 nitrogen and oxygen atoms in total. The highest BCUT2D eigenvalue weighted by Gasteiger charge is 2.09. The standard InChI is InChI=1S/C14H11F3N2O2/c15-11-7-9(3-6-12(11)18)19-13(20)8-1-4-10(5-2-8)21-14(16)17/h1-7,14H,18H2,(H,19,20). The van der Waals surface area contributed by atoms with Gasteiger partial charge in [-0.3, -0.25) is 4.79 Å². The second-order valence-corrected chi connectivity index (χ2v) is 4.09. The second kappa shape index (κ2) is 6.17. The lowest BCUT2D eigenvalue weighted by molar-refractivity contribution is -0.0498. The Labute approximate surface area is 118 Å². The number of anilines is 2. The van der Waals surface area contributed by atoms with E-state index < -0.39 is 18.3 Å². The molecule has 0 aliphatic rings. The minimum atomic E-state index is -2.93. The smallest absolute Gasteiger partial charge is 0.387 e. The summed E-state index contributed by atoms with van der Waals surface area (Å²) in [5, 5.41) is 2.46. The number of nitrogens with one attached hydrogen (secondary N) is 1. The van der Waals surface area contributed by atoms with E-state index in [1.807, 2.05) is 0 Å². The number of nitrogen functional groups attached to an aromatic ring is 1. The van der Waals surface area contributed by atoms with Crippen molar-refractivity contribution in [2.75, 3.05) is 11.1 Å². The monoisotopic (exact) mass is 296 g/mol. The number of benzene rings is 2. The van der Waals surface area contributed by atoms with Gasteiger partial charge < -0.3 is 15.8 Å². The molecule has 0 fully saturated rings. The van der Waals surface area contributed by atoms with E-state index in [-0.39, 0.29) is 22.7 Å². The summed E-state index contributed by atoms with van der Waals surface area (Å²) in [6, 6.07) is 8.98. The molecule has 0 aromatic heterocycles. The highest BCUT2D eigenvalue weighted by atomic mass is 19.3. The fourth-order valence-corrected chi connectivity index (χ4v) is 1.60. The molecule has 1 amide bonds. The number of nitrogens with two attached hydrogens (primary N) is 1. The van der Waals surface area contributed by atoms with E-state index in [4.69, 9.17) is 5.73 Å². The number of carbonyl (C=O) groups is 1. The molecule has 2 rings (SSSR count). The molecule has 0 radical (unpaired) electrons. The molecule has 0 aliphatic heterocycles. The molecule has 2 aromatic carbocycles. The van der Waals surface area contributed by atoms with Crippen molar-refractivity contribution in [3.05, 3.63) is 53.8 Å². The van der Waals surface area contributed by atoms with Crippen molar-refractivity contribution < 1.29 is 22.7 Å². The van der Waals surface area contributed by atoms with E-state index in [1.165, 1.54) is 36.4 Å². The molecule has 0 bridgehead atoms. The maximum atomic E-state index is 13.2. The van der Waals surface area contributed by atoms with E-state index in [9.17, 15) is 18.0 Å². The molecule has 0 spiro atoms. The molecule has 0 aliphatic carbocycles. The molecular formula is C14H11F3N2O2. The Balaban J connectivity index is 2.07. The molecule has 3 N–H and O–H groups in total. The SMILES string of the molecule is Nc1ccc(NC(=O)c2ccc(OC(F)F)cc2)cc1F. The van der Waals surface area contributed by atoms with Gasteiger partial charge in [0, 0.05) is 11.3 Å². The summed E-state index contributed by atoms with van der Waals surface area (Å²) < 4.78 is 41.4. The Kier molecular flexibility index (Phi) is 4.32. The zero-order valence-corrected chi connectivity index (χ0v) is 10.6. The van der Waals surface area contributed by atoms with Crippen LogP contribution in [0.2, 0.25) is 0 Å². The molecule has 0 saturated heterocycles. The highest BCUT2D eigenvalue weighted by molar-refractivity contribution is 6.04. The van der Waals surface area contributed by atoms with Crippen LogP contribution >= 0.6 is 0 Å². The third kappa shape index (κ3) is 3.88. The summed E-state index contributed by atoms with van der Waals surface area (Å²) in [7, 11) is 0. The number of amides is 1. The normalized spacial score (nSPS) is 10.5. The molecule has 0 unspecified atom stereocenters. The van der Waals surface area contributed by atoms with Crippen LogP contribution in [0.1, 0.15) is 10.4 Å². The number of hydrogen-bond donors (Lipinski definition) is 2. The van der Waals surface area contributed by atoms with Gasteiger partial charge in [0.15, 0.2) is 0 Å². The highest BCUT2D eigenvalue weighted by Crippen LogP contribution is 2.18. The Bertz CT molecular complexity index is 645. The van der Waals surface area contributed by atoms with Crippen molar-refractivity contribution in [2.45, 2.75) is 6.61 Å². The number of hydrogen-bond acceptors (Lipinski definition) is 3. The number of rotatable bonds is 4. The Hall–Kier alpha value is -2.70. The van der Waals surface area contributed by atoms with Crippen LogP contribution in [-0.2, 0) is 0 Å². The first-order valence-electron chi connectivity index (χ1n) is 5.87. The Morgan fingerprint density at radius 2 is 1.81 bits per heavy atom. The average Bonchev–Trinajstić information content (AvgIpc) is 2.43. The summed E-state index contributed by atoms with van der Waals surface area (Å²) in [6.45, 7) is -2.93. The van der Waals surface area contributed by atoms with Gasteiger partial charge in [0.25, 0.3) is 5.91 Å². The van der Waals surface area contributed by atoms with Crippen molar-refractivity contribution >= 4 is 17.3 Å². The lowest BCUT2D eigenvalue weighted by Gasteiger charge is -2.08. The molecule has 0 atom stereocenters. The van der Waals surface area contributed by atoms with E-state index in [1.54, 1.807) is 0 Å². The number of ether oxygens (including phenoxy) is 1. The van der Waals surface area contributed by atoms with Gasteiger partial charge in [-0.15, -0.1) is 0 Å². The second-order valence-electron chi connectivity index (χ2n) is 4.09. The predicted molar refractivity (Wildman–Crippen MR) is 71.8 cm³/mol. The van der Waals surface area contributed by atoms with Gasteiger partial charge in [-0.05, 0) is 42.5 Å². The number of alkyl halides is 2. The van der Waals surface area contributed by atoms with Crippen molar-refractivity contribution in [1.82, 2.24) is 0 Å². The van der Waals surface area contributed by atoms with Gasteiger partial charge in [-0.2, -0.15) is 8.78 Å². The molecule has 0 heterocycles. The third-order valence-corrected chi connectivity index (χ3v) is 2.60. The first-order chi connectivity index (χ1) is 9.95. The Morgan fingerprint density at radius 3 is 2.38 bits per heavy atom. The zero-order chi connectivity index (χ0) is 15.4. The van der Waals surface area contributed by atoms with E-state index >= 15 is 0 Å². The lowest BCUT2D eigenvalue weighted by atomic mass is 10.2. The lowest BCUT2D eigenvalue weighted by Crippen LogP contribution is -2.12. The summed E-state index contributed by atoms with van der Waals surface area (Å²) in [4.78, 5) is 11.9. The maximum absolute atomic E-state index is 13.2. The van der Waals surface area contributed by atoms with Crippen LogP contribution in [0.5, 0.6) is 5.75 Å². The van der Waals surface area contributed by atoms with Crippen LogP contribution < -0.4 is 15.8 Å². The van der Waals surface area contributed by atoms with Crippen molar-refractivity contribution in [3.63, 3.8) is 0 Å². The molecule has 0 saturated carbocycles. The summed E-state index contributed by atoms with van der Waals surface area (Å²) in [6.07, 6.45) is 0. The van der Waals surface area contributed by atoms with E-state index in [0.29, 0.717) is 0 Å². The van der Waals surface area contributed by atoms with Crippen LogP contribution in [0.15, 0.2) is 42.5 Å². The van der Waals surface area contributed by atoms with Crippen LogP contribution in [0.25, 0.3) is 0 Å².